The fourth-order valence-electron chi connectivity index (χ4n) is 1.55. The van der Waals surface area contributed by atoms with Crippen LogP contribution in [0.2, 0.25) is 0 Å². The van der Waals surface area contributed by atoms with Crippen molar-refractivity contribution in [1.29, 1.82) is 5.26 Å². The Morgan fingerprint density at radius 1 is 1.29 bits per heavy atom. The lowest BCUT2D eigenvalue weighted by atomic mass is 10.2. The molecule has 0 aliphatic carbocycles. The number of rotatable bonds is 3. The van der Waals surface area contributed by atoms with Crippen LogP contribution in [0.3, 0.4) is 0 Å². The highest BCUT2D eigenvalue weighted by atomic mass is 79.9. The van der Waals surface area contributed by atoms with Gasteiger partial charge in [-0.3, -0.25) is 10.1 Å². The number of nitriles is 1. The fraction of sp³-hybridized carbons (Fsp3) is 0. The summed E-state index contributed by atoms with van der Waals surface area (Å²) in [5.74, 6) is -1.15. The largest absolute Gasteiger partial charge is 0.446 e. The highest BCUT2D eigenvalue weighted by molar-refractivity contribution is 9.10. The van der Waals surface area contributed by atoms with Crippen molar-refractivity contribution >= 4 is 37.5 Å². The van der Waals surface area contributed by atoms with Crippen LogP contribution < -0.4 is 4.74 Å². The smallest absolute Gasteiger partial charge is 0.312 e. The third kappa shape index (κ3) is 3.04. The third-order valence-corrected chi connectivity index (χ3v) is 3.92. The molecule has 5 nitrogen and oxygen atoms in total. The monoisotopic (exact) mass is 414 g/mol. The molecule has 21 heavy (non-hydrogen) atoms. The van der Waals surface area contributed by atoms with Crippen molar-refractivity contribution in [2.45, 2.75) is 0 Å². The van der Waals surface area contributed by atoms with Gasteiger partial charge in [0.2, 0.25) is 5.75 Å². The first-order valence-electron chi connectivity index (χ1n) is 5.44. The quantitative estimate of drug-likeness (QED) is 0.526. The molecule has 0 unspecified atom stereocenters. The van der Waals surface area contributed by atoms with Gasteiger partial charge in [0.05, 0.1) is 19.4 Å². The van der Waals surface area contributed by atoms with Crippen LogP contribution in [0.1, 0.15) is 5.56 Å². The van der Waals surface area contributed by atoms with Gasteiger partial charge in [-0.1, -0.05) is 6.07 Å². The number of ether oxygens (including phenoxy) is 1. The molecule has 2 aromatic carbocycles. The number of nitrogens with zero attached hydrogens (tertiary/aromatic N) is 2. The summed E-state index contributed by atoms with van der Waals surface area (Å²) in [6.45, 7) is 0. The Kier molecular flexibility index (Phi) is 4.55. The SMILES string of the molecule is N#Cc1ccc(Oc2c(Br)cccc2[N+](=O)[O-])c(F)c1Br. The number of para-hydroxylation sites is 1. The first kappa shape index (κ1) is 15.4. The lowest BCUT2D eigenvalue weighted by Gasteiger charge is -2.10. The van der Waals surface area contributed by atoms with E-state index in [0.717, 1.165) is 0 Å². The lowest BCUT2D eigenvalue weighted by Crippen LogP contribution is -1.97. The molecule has 2 aromatic rings. The summed E-state index contributed by atoms with van der Waals surface area (Å²) in [7, 11) is 0. The highest BCUT2D eigenvalue weighted by Crippen LogP contribution is 2.40. The number of benzene rings is 2. The molecule has 0 aromatic heterocycles. The van der Waals surface area contributed by atoms with Crippen molar-refractivity contribution in [3.8, 4) is 17.6 Å². The molecule has 0 amide bonds. The van der Waals surface area contributed by atoms with Gasteiger partial charge in [-0.2, -0.15) is 5.26 Å². The molecular weight excluding hydrogens is 411 g/mol. The van der Waals surface area contributed by atoms with Crippen molar-refractivity contribution in [3.63, 3.8) is 0 Å². The molecule has 106 valence electrons. The van der Waals surface area contributed by atoms with Crippen molar-refractivity contribution < 1.29 is 14.1 Å². The summed E-state index contributed by atoms with van der Waals surface area (Å²) in [6, 6.07) is 8.66. The Bertz CT molecular complexity index is 775. The average molecular weight is 416 g/mol. The predicted molar refractivity (Wildman–Crippen MR) is 79.7 cm³/mol. The molecule has 0 aliphatic rings. The number of nitro benzene ring substituents is 1. The molecule has 8 heteroatoms. The Balaban J connectivity index is 2.52. The summed E-state index contributed by atoms with van der Waals surface area (Å²) >= 11 is 6.08. The summed E-state index contributed by atoms with van der Waals surface area (Å²) in [6.07, 6.45) is 0. The second-order valence-electron chi connectivity index (χ2n) is 3.80. The van der Waals surface area contributed by atoms with E-state index in [1.165, 1.54) is 24.3 Å². The number of nitro groups is 1. The molecule has 0 saturated carbocycles. The van der Waals surface area contributed by atoms with Gasteiger partial charge in [-0.25, -0.2) is 4.39 Å². The van der Waals surface area contributed by atoms with Gasteiger partial charge in [0, 0.05) is 6.07 Å². The van der Waals surface area contributed by atoms with E-state index in [9.17, 15) is 14.5 Å². The van der Waals surface area contributed by atoms with Gasteiger partial charge >= 0.3 is 5.69 Å². The number of hydrogen-bond donors (Lipinski definition) is 0. The maximum atomic E-state index is 14.1. The van der Waals surface area contributed by atoms with E-state index in [4.69, 9.17) is 10.00 Å². The zero-order chi connectivity index (χ0) is 15.6. The third-order valence-electron chi connectivity index (χ3n) is 2.52. The fourth-order valence-corrected chi connectivity index (χ4v) is 2.40. The van der Waals surface area contributed by atoms with Gasteiger partial charge in [0.15, 0.2) is 11.6 Å². The van der Waals surface area contributed by atoms with E-state index in [1.807, 2.05) is 6.07 Å². The average Bonchev–Trinajstić information content (AvgIpc) is 2.45. The predicted octanol–water partition coefficient (Wildman–Crippen LogP) is 4.92. The second-order valence-corrected chi connectivity index (χ2v) is 5.45. The maximum absolute atomic E-state index is 14.1. The lowest BCUT2D eigenvalue weighted by molar-refractivity contribution is -0.385. The Labute approximate surface area is 135 Å². The molecule has 0 N–H and O–H groups in total. The number of hydrogen-bond acceptors (Lipinski definition) is 4. The molecule has 0 heterocycles. The molecule has 2 rings (SSSR count). The Morgan fingerprint density at radius 2 is 2.00 bits per heavy atom. The first-order chi connectivity index (χ1) is 9.95. The minimum absolute atomic E-state index is 0.0581. The van der Waals surface area contributed by atoms with Gasteiger partial charge in [-0.05, 0) is 50.1 Å². The van der Waals surface area contributed by atoms with E-state index in [0.29, 0.717) is 4.47 Å². The van der Waals surface area contributed by atoms with E-state index < -0.39 is 10.7 Å². The zero-order valence-corrected chi connectivity index (χ0v) is 13.3. The van der Waals surface area contributed by atoms with Crippen molar-refractivity contribution in [3.05, 3.63) is 60.8 Å². The maximum Gasteiger partial charge on any atom is 0.312 e. The highest BCUT2D eigenvalue weighted by Gasteiger charge is 2.21. The zero-order valence-electron chi connectivity index (χ0n) is 10.1. The van der Waals surface area contributed by atoms with Crippen LogP contribution in [-0.4, -0.2) is 4.92 Å². The van der Waals surface area contributed by atoms with Crippen LogP contribution in [0.4, 0.5) is 10.1 Å². The molecule has 0 bridgehead atoms. The second kappa shape index (κ2) is 6.20. The van der Waals surface area contributed by atoms with E-state index in [1.54, 1.807) is 6.07 Å². The molecule has 0 aliphatic heterocycles. The van der Waals surface area contributed by atoms with Crippen LogP contribution in [0.25, 0.3) is 0 Å². The van der Waals surface area contributed by atoms with Crippen LogP contribution >= 0.6 is 31.9 Å². The van der Waals surface area contributed by atoms with Crippen LogP contribution in [-0.2, 0) is 0 Å². The van der Waals surface area contributed by atoms with Crippen molar-refractivity contribution in [2.75, 3.05) is 0 Å². The Hall–Kier alpha value is -1.98. The van der Waals surface area contributed by atoms with E-state index in [2.05, 4.69) is 31.9 Å². The van der Waals surface area contributed by atoms with Gasteiger partial charge in [0.25, 0.3) is 0 Å². The Morgan fingerprint density at radius 3 is 2.62 bits per heavy atom. The standard InChI is InChI=1S/C13H5Br2FN2O3/c14-8-2-1-3-9(18(19)20)13(8)21-10-5-4-7(6-17)11(15)12(10)16/h1-5H. The van der Waals surface area contributed by atoms with Gasteiger partial charge < -0.3 is 4.74 Å². The normalized spacial score (nSPS) is 10.0. The molecule has 0 spiro atoms. The van der Waals surface area contributed by atoms with Gasteiger partial charge in [-0.15, -0.1) is 0 Å². The molecule has 0 saturated heterocycles. The minimum Gasteiger partial charge on any atom is -0.446 e. The van der Waals surface area contributed by atoms with Crippen molar-refractivity contribution in [2.24, 2.45) is 0 Å². The summed E-state index contributed by atoms with van der Waals surface area (Å²) in [5.41, 5.74) is -0.203. The molecule has 0 atom stereocenters. The first-order valence-corrected chi connectivity index (χ1v) is 7.03. The molecule has 0 radical (unpaired) electrons. The van der Waals surface area contributed by atoms with E-state index >= 15 is 0 Å². The summed E-state index contributed by atoms with van der Waals surface area (Å²) < 4.78 is 19.7. The molecule has 0 fully saturated rings. The summed E-state index contributed by atoms with van der Waals surface area (Å²) in [4.78, 5) is 10.3. The minimum atomic E-state index is -0.806. The summed E-state index contributed by atoms with van der Waals surface area (Å²) in [5, 5.41) is 19.8. The molecular formula is C13H5Br2FN2O3. The number of halogens is 3. The van der Waals surface area contributed by atoms with Gasteiger partial charge in [0.1, 0.15) is 6.07 Å². The van der Waals surface area contributed by atoms with Crippen LogP contribution in [0.15, 0.2) is 39.3 Å². The topological polar surface area (TPSA) is 76.2 Å². The van der Waals surface area contributed by atoms with Crippen LogP contribution in [0, 0.1) is 27.3 Å². The van der Waals surface area contributed by atoms with E-state index in [-0.39, 0.29) is 27.2 Å². The van der Waals surface area contributed by atoms with Crippen molar-refractivity contribution in [1.82, 2.24) is 0 Å². The van der Waals surface area contributed by atoms with Crippen LogP contribution in [0.5, 0.6) is 11.5 Å².